The molecule has 2 aromatic heterocycles. The molecule has 0 saturated heterocycles. The molecular formula is C28H29N5O2S. The van der Waals surface area contributed by atoms with Gasteiger partial charge in [-0.3, -0.25) is 4.79 Å². The number of carbonyl (C=O) groups excluding carboxylic acids is 1. The van der Waals surface area contributed by atoms with E-state index in [-0.39, 0.29) is 5.91 Å². The van der Waals surface area contributed by atoms with Gasteiger partial charge < -0.3 is 14.6 Å². The van der Waals surface area contributed by atoms with E-state index in [0.29, 0.717) is 12.4 Å². The molecule has 0 bridgehead atoms. The van der Waals surface area contributed by atoms with Gasteiger partial charge in [-0.15, -0.1) is 21.5 Å². The molecule has 4 aromatic rings. The van der Waals surface area contributed by atoms with Crippen LogP contribution in [0.2, 0.25) is 0 Å². The molecule has 2 aromatic carbocycles. The van der Waals surface area contributed by atoms with Gasteiger partial charge in [-0.1, -0.05) is 36.8 Å². The average Bonchev–Trinajstić information content (AvgIpc) is 3.41. The molecule has 5 rings (SSSR count). The summed E-state index contributed by atoms with van der Waals surface area (Å²) in [6.45, 7) is 5.28. The summed E-state index contributed by atoms with van der Waals surface area (Å²) in [4.78, 5) is 17.3. The van der Waals surface area contributed by atoms with E-state index in [4.69, 9.17) is 4.74 Å². The van der Waals surface area contributed by atoms with Crippen LogP contribution < -0.4 is 10.1 Å². The Bertz CT molecular complexity index is 1400. The highest BCUT2D eigenvalue weighted by atomic mass is 32.1. The zero-order valence-electron chi connectivity index (χ0n) is 20.5. The van der Waals surface area contributed by atoms with Crippen LogP contribution in [0.1, 0.15) is 46.9 Å². The second-order valence-electron chi connectivity index (χ2n) is 8.94. The number of amides is 1. The lowest BCUT2D eigenvalue weighted by Crippen LogP contribution is -2.09. The van der Waals surface area contributed by atoms with E-state index in [9.17, 15) is 4.79 Å². The molecule has 1 N–H and O–H groups in total. The molecule has 1 aliphatic rings. The molecule has 0 atom stereocenters. The second-order valence-corrected chi connectivity index (χ2v) is 10.0. The van der Waals surface area contributed by atoms with Crippen LogP contribution in [-0.2, 0) is 24.4 Å². The summed E-state index contributed by atoms with van der Waals surface area (Å²) in [6, 6.07) is 13.7. The van der Waals surface area contributed by atoms with E-state index in [2.05, 4.69) is 25.1 Å². The molecule has 0 fully saturated rings. The van der Waals surface area contributed by atoms with Crippen LogP contribution >= 0.6 is 11.3 Å². The number of aromatic nitrogens is 4. The minimum Gasteiger partial charge on any atom is -0.487 e. The third-order valence-electron chi connectivity index (χ3n) is 6.24. The molecule has 36 heavy (non-hydrogen) atoms. The van der Waals surface area contributed by atoms with Gasteiger partial charge in [0.05, 0.1) is 10.7 Å². The number of benzene rings is 2. The van der Waals surface area contributed by atoms with Crippen LogP contribution in [0.25, 0.3) is 17.5 Å². The third-order valence-corrected chi connectivity index (χ3v) is 7.06. The molecule has 8 heteroatoms. The molecular weight excluding hydrogens is 470 g/mol. The summed E-state index contributed by atoms with van der Waals surface area (Å²) < 4.78 is 8.18. The highest BCUT2D eigenvalue weighted by Gasteiger charge is 2.17. The topological polar surface area (TPSA) is 81.9 Å². The summed E-state index contributed by atoms with van der Waals surface area (Å²) >= 11 is 1.60. The van der Waals surface area contributed by atoms with Gasteiger partial charge in [-0.05, 0) is 50.5 Å². The zero-order chi connectivity index (χ0) is 24.9. The van der Waals surface area contributed by atoms with Crippen LogP contribution in [0.4, 0.5) is 5.69 Å². The number of hydrogen-bond donors (Lipinski definition) is 1. The van der Waals surface area contributed by atoms with Crippen molar-refractivity contribution in [2.45, 2.75) is 52.7 Å². The molecule has 0 aliphatic carbocycles. The summed E-state index contributed by atoms with van der Waals surface area (Å²) in [5.41, 5.74) is 4.43. The Kier molecular flexibility index (Phi) is 7.23. The Morgan fingerprint density at radius 2 is 2.03 bits per heavy atom. The van der Waals surface area contributed by atoms with E-state index in [1.54, 1.807) is 17.4 Å². The normalized spacial score (nSPS) is 13.4. The number of carbonyl (C=O) groups is 1. The Morgan fingerprint density at radius 1 is 1.14 bits per heavy atom. The van der Waals surface area contributed by atoms with Crippen molar-refractivity contribution in [2.24, 2.45) is 0 Å². The van der Waals surface area contributed by atoms with E-state index in [1.807, 2.05) is 61.7 Å². The molecule has 1 aliphatic heterocycles. The number of nitrogens with one attached hydrogen (secondary N) is 1. The smallest absolute Gasteiger partial charge is 0.248 e. The lowest BCUT2D eigenvalue weighted by molar-refractivity contribution is -0.111. The first-order valence-corrected chi connectivity index (χ1v) is 13.1. The number of ether oxygens (including phenoxy) is 1. The molecule has 0 radical (unpaired) electrons. The van der Waals surface area contributed by atoms with Crippen LogP contribution in [0.5, 0.6) is 5.75 Å². The highest BCUT2D eigenvalue weighted by Crippen LogP contribution is 2.27. The number of rotatable bonds is 7. The average molecular weight is 500 g/mol. The van der Waals surface area contributed by atoms with Crippen molar-refractivity contribution in [3.05, 3.63) is 81.6 Å². The number of hydrogen-bond acceptors (Lipinski definition) is 6. The molecule has 184 valence electrons. The third kappa shape index (κ3) is 5.54. The van der Waals surface area contributed by atoms with Gasteiger partial charge in [0.15, 0.2) is 5.82 Å². The maximum Gasteiger partial charge on any atom is 0.248 e. The number of fused-ring (bicyclic) bond motifs is 1. The van der Waals surface area contributed by atoms with Crippen molar-refractivity contribution in [2.75, 3.05) is 5.32 Å². The number of para-hydroxylation sites is 1. The van der Waals surface area contributed by atoms with Gasteiger partial charge >= 0.3 is 0 Å². The first kappa shape index (κ1) is 23.9. The largest absolute Gasteiger partial charge is 0.487 e. The summed E-state index contributed by atoms with van der Waals surface area (Å²) in [7, 11) is 0. The summed E-state index contributed by atoms with van der Waals surface area (Å²) in [5, 5.41) is 14.9. The van der Waals surface area contributed by atoms with Crippen LogP contribution in [0.15, 0.2) is 53.9 Å². The molecule has 7 nitrogen and oxygen atoms in total. The quantitative estimate of drug-likeness (QED) is 0.317. The van der Waals surface area contributed by atoms with Gasteiger partial charge in [0.1, 0.15) is 18.2 Å². The van der Waals surface area contributed by atoms with Crippen molar-refractivity contribution in [1.82, 2.24) is 19.7 Å². The summed E-state index contributed by atoms with van der Waals surface area (Å²) in [5.74, 6) is 2.40. The molecule has 0 spiro atoms. The minimum absolute atomic E-state index is 0.208. The number of nitrogens with zero attached hydrogens (tertiary/aromatic N) is 4. The highest BCUT2D eigenvalue weighted by molar-refractivity contribution is 7.09. The molecule has 3 heterocycles. The van der Waals surface area contributed by atoms with E-state index in [0.717, 1.165) is 70.5 Å². The Balaban J connectivity index is 1.29. The standard InChI is InChI=1S/C28H29N5O2S/c1-19-11-12-22(28-32-31-26-10-4-3-7-15-33(26)28)16-24(19)30-27(34)14-13-21-8-5-6-9-25(21)35-17-23-18-36-20(2)29-23/h5-6,8-9,11-14,16,18H,3-4,7,10,15,17H2,1-2H3,(H,30,34)/b14-13+. The van der Waals surface area contributed by atoms with E-state index < -0.39 is 0 Å². The van der Waals surface area contributed by atoms with Crippen LogP contribution in [0, 0.1) is 13.8 Å². The maximum absolute atomic E-state index is 12.8. The first-order chi connectivity index (χ1) is 17.6. The Labute approximate surface area is 214 Å². The maximum atomic E-state index is 12.8. The van der Waals surface area contributed by atoms with Crippen molar-refractivity contribution >= 4 is 29.0 Å². The number of anilines is 1. The lowest BCUT2D eigenvalue weighted by Gasteiger charge is -2.11. The Hall–Kier alpha value is -3.78. The van der Waals surface area contributed by atoms with Crippen LogP contribution in [0.3, 0.4) is 0 Å². The van der Waals surface area contributed by atoms with E-state index in [1.165, 1.54) is 12.5 Å². The first-order valence-electron chi connectivity index (χ1n) is 12.2. The monoisotopic (exact) mass is 499 g/mol. The van der Waals surface area contributed by atoms with Crippen molar-refractivity contribution in [1.29, 1.82) is 0 Å². The Morgan fingerprint density at radius 3 is 2.89 bits per heavy atom. The molecule has 1 amide bonds. The fraction of sp³-hybridized carbons (Fsp3) is 0.286. The van der Waals surface area contributed by atoms with Crippen molar-refractivity contribution < 1.29 is 9.53 Å². The fourth-order valence-electron chi connectivity index (χ4n) is 4.31. The van der Waals surface area contributed by atoms with Crippen molar-refractivity contribution in [3.8, 4) is 17.1 Å². The van der Waals surface area contributed by atoms with Gasteiger partial charge in [-0.25, -0.2) is 4.98 Å². The minimum atomic E-state index is -0.208. The molecule has 0 unspecified atom stereocenters. The predicted molar refractivity (Wildman–Crippen MR) is 143 cm³/mol. The molecule has 0 saturated carbocycles. The predicted octanol–water partition coefficient (Wildman–Crippen LogP) is 5.98. The van der Waals surface area contributed by atoms with Gasteiger partial charge in [0.25, 0.3) is 0 Å². The van der Waals surface area contributed by atoms with Gasteiger partial charge in [0, 0.05) is 41.2 Å². The van der Waals surface area contributed by atoms with Crippen molar-refractivity contribution in [3.63, 3.8) is 0 Å². The SMILES string of the molecule is Cc1nc(COc2ccccc2/C=C/C(=O)Nc2cc(-c3nnc4n3CCCCC4)ccc2C)cs1. The van der Waals surface area contributed by atoms with Gasteiger partial charge in [-0.2, -0.15) is 0 Å². The number of aryl methyl sites for hydroxylation is 3. The fourth-order valence-corrected chi connectivity index (χ4v) is 4.91. The lowest BCUT2D eigenvalue weighted by atomic mass is 10.1. The summed E-state index contributed by atoms with van der Waals surface area (Å²) in [6.07, 6.45) is 7.76. The van der Waals surface area contributed by atoms with Gasteiger partial charge in [0.2, 0.25) is 5.91 Å². The number of thiazole rings is 1. The van der Waals surface area contributed by atoms with Crippen LogP contribution in [-0.4, -0.2) is 25.7 Å². The zero-order valence-corrected chi connectivity index (χ0v) is 21.3. The second kappa shape index (κ2) is 10.9. The van der Waals surface area contributed by atoms with E-state index >= 15 is 0 Å².